The molecule has 1 saturated carbocycles. The maximum atomic E-state index is 11.4. The zero-order valence-electron chi connectivity index (χ0n) is 9.61. The number of benzene rings is 1. The van der Waals surface area contributed by atoms with Crippen LogP contribution in [-0.4, -0.2) is 5.91 Å². The summed E-state index contributed by atoms with van der Waals surface area (Å²) in [5.41, 5.74) is 7.30. The number of carbonyl (C=O) groups is 1. The molecule has 1 amide bonds. The van der Waals surface area contributed by atoms with Crippen molar-refractivity contribution in [3.05, 3.63) is 35.4 Å². The maximum absolute atomic E-state index is 11.4. The summed E-state index contributed by atoms with van der Waals surface area (Å²) >= 11 is 0. The fraction of sp³-hybridized carbons (Fsp3) is 0.500. The van der Waals surface area contributed by atoms with Crippen molar-refractivity contribution in [2.24, 2.45) is 5.73 Å². The van der Waals surface area contributed by atoms with Gasteiger partial charge in [0.05, 0.1) is 0 Å². The topological polar surface area (TPSA) is 43.1 Å². The summed E-state index contributed by atoms with van der Waals surface area (Å²) in [5.74, 6) is 0.242. The molecule has 0 aromatic heterocycles. The highest BCUT2D eigenvalue weighted by Crippen LogP contribution is 2.33. The molecular weight excluding hydrogens is 198 g/mol. The molecule has 1 aliphatic rings. The standard InChI is InChI=1S/C14H19NO/c15-14(16)13-10-6-5-9-12(13)11-7-3-1-2-4-8-11/h5-6,9-11H,1-4,7-8H2,(H2,15,16). The molecule has 2 nitrogen and oxygen atoms in total. The van der Waals surface area contributed by atoms with Crippen molar-refractivity contribution in [1.82, 2.24) is 0 Å². The highest BCUT2D eigenvalue weighted by atomic mass is 16.1. The average Bonchev–Trinajstić information content (AvgIpc) is 2.57. The van der Waals surface area contributed by atoms with E-state index in [0.717, 1.165) is 11.1 Å². The van der Waals surface area contributed by atoms with Crippen molar-refractivity contribution in [3.8, 4) is 0 Å². The Bertz CT molecular complexity index is 365. The van der Waals surface area contributed by atoms with E-state index < -0.39 is 0 Å². The van der Waals surface area contributed by atoms with Gasteiger partial charge in [-0.2, -0.15) is 0 Å². The van der Waals surface area contributed by atoms with E-state index in [9.17, 15) is 4.79 Å². The Balaban J connectivity index is 2.27. The van der Waals surface area contributed by atoms with E-state index in [-0.39, 0.29) is 5.91 Å². The first-order chi connectivity index (χ1) is 7.79. The first-order valence-corrected chi connectivity index (χ1v) is 6.18. The number of hydrogen-bond donors (Lipinski definition) is 1. The Labute approximate surface area is 96.8 Å². The summed E-state index contributed by atoms with van der Waals surface area (Å²) in [6, 6.07) is 7.81. The predicted octanol–water partition coefficient (Wildman–Crippen LogP) is 3.22. The Kier molecular flexibility index (Phi) is 3.60. The van der Waals surface area contributed by atoms with Gasteiger partial charge < -0.3 is 5.73 Å². The third-order valence-corrected chi connectivity index (χ3v) is 3.52. The Morgan fingerprint density at radius 2 is 1.69 bits per heavy atom. The lowest BCUT2D eigenvalue weighted by Gasteiger charge is -2.17. The molecule has 1 aromatic rings. The normalized spacial score (nSPS) is 18.0. The molecule has 0 heterocycles. The smallest absolute Gasteiger partial charge is 0.248 e. The Morgan fingerprint density at radius 1 is 1.06 bits per heavy atom. The summed E-state index contributed by atoms with van der Waals surface area (Å²) in [6.45, 7) is 0. The number of nitrogens with two attached hydrogens (primary N) is 1. The summed E-state index contributed by atoms with van der Waals surface area (Å²) in [6.07, 6.45) is 7.61. The molecule has 2 rings (SSSR count). The molecular formula is C14H19NO. The second-order valence-electron chi connectivity index (χ2n) is 4.64. The minimum atomic E-state index is -0.292. The molecule has 2 heteroatoms. The van der Waals surface area contributed by atoms with E-state index in [0.29, 0.717) is 5.92 Å². The van der Waals surface area contributed by atoms with E-state index >= 15 is 0 Å². The largest absolute Gasteiger partial charge is 0.366 e. The van der Waals surface area contributed by atoms with Crippen LogP contribution < -0.4 is 5.73 Å². The van der Waals surface area contributed by atoms with Gasteiger partial charge in [0.1, 0.15) is 0 Å². The zero-order valence-corrected chi connectivity index (χ0v) is 9.61. The van der Waals surface area contributed by atoms with Crippen LogP contribution >= 0.6 is 0 Å². The second-order valence-corrected chi connectivity index (χ2v) is 4.64. The van der Waals surface area contributed by atoms with Crippen molar-refractivity contribution in [1.29, 1.82) is 0 Å². The van der Waals surface area contributed by atoms with Crippen molar-refractivity contribution in [2.75, 3.05) is 0 Å². The fourth-order valence-corrected chi connectivity index (χ4v) is 2.67. The number of primary amides is 1. The molecule has 0 saturated heterocycles. The van der Waals surface area contributed by atoms with Gasteiger partial charge >= 0.3 is 0 Å². The van der Waals surface area contributed by atoms with E-state index in [1.807, 2.05) is 18.2 Å². The Morgan fingerprint density at radius 3 is 2.31 bits per heavy atom. The minimum Gasteiger partial charge on any atom is -0.366 e. The van der Waals surface area contributed by atoms with Crippen LogP contribution in [0.1, 0.15) is 60.4 Å². The van der Waals surface area contributed by atoms with E-state index in [1.54, 1.807) is 0 Å². The van der Waals surface area contributed by atoms with Gasteiger partial charge in [0.15, 0.2) is 0 Å². The highest BCUT2D eigenvalue weighted by Gasteiger charge is 2.18. The number of amides is 1. The lowest BCUT2D eigenvalue weighted by atomic mass is 9.88. The molecule has 1 aromatic carbocycles. The van der Waals surface area contributed by atoms with Crippen LogP contribution in [0, 0.1) is 0 Å². The lowest BCUT2D eigenvalue weighted by molar-refractivity contribution is 0.0999. The van der Waals surface area contributed by atoms with E-state index in [4.69, 9.17) is 5.73 Å². The molecule has 0 atom stereocenters. The second kappa shape index (κ2) is 5.15. The van der Waals surface area contributed by atoms with Crippen LogP contribution in [-0.2, 0) is 0 Å². The predicted molar refractivity (Wildman–Crippen MR) is 65.4 cm³/mol. The molecule has 0 aliphatic heterocycles. The van der Waals surface area contributed by atoms with Gasteiger partial charge in [-0.1, -0.05) is 43.9 Å². The summed E-state index contributed by atoms with van der Waals surface area (Å²) in [5, 5.41) is 0. The molecule has 0 bridgehead atoms. The minimum absolute atomic E-state index is 0.292. The third-order valence-electron chi connectivity index (χ3n) is 3.52. The van der Waals surface area contributed by atoms with Crippen molar-refractivity contribution < 1.29 is 4.79 Å². The van der Waals surface area contributed by atoms with E-state index in [1.165, 1.54) is 38.5 Å². The van der Waals surface area contributed by atoms with Crippen LogP contribution in [0.4, 0.5) is 0 Å². The first-order valence-electron chi connectivity index (χ1n) is 6.18. The number of rotatable bonds is 2. The van der Waals surface area contributed by atoms with Gasteiger partial charge in [-0.25, -0.2) is 0 Å². The lowest BCUT2D eigenvalue weighted by Crippen LogP contribution is -2.15. The molecule has 1 fully saturated rings. The maximum Gasteiger partial charge on any atom is 0.248 e. The van der Waals surface area contributed by atoms with E-state index in [2.05, 4.69) is 6.07 Å². The number of hydrogen-bond acceptors (Lipinski definition) is 1. The average molecular weight is 217 g/mol. The highest BCUT2D eigenvalue weighted by molar-refractivity contribution is 5.94. The molecule has 86 valence electrons. The monoisotopic (exact) mass is 217 g/mol. The van der Waals surface area contributed by atoms with Gasteiger partial charge in [-0.3, -0.25) is 4.79 Å². The zero-order chi connectivity index (χ0) is 11.4. The molecule has 0 radical (unpaired) electrons. The molecule has 0 spiro atoms. The number of carbonyl (C=O) groups excluding carboxylic acids is 1. The molecule has 16 heavy (non-hydrogen) atoms. The van der Waals surface area contributed by atoms with Gasteiger partial charge in [0.2, 0.25) is 5.91 Å². The molecule has 0 unspecified atom stereocenters. The SMILES string of the molecule is NC(=O)c1ccccc1C1CCCCCC1. The fourth-order valence-electron chi connectivity index (χ4n) is 2.67. The van der Waals surface area contributed by atoms with Gasteiger partial charge in [0.25, 0.3) is 0 Å². The van der Waals surface area contributed by atoms with Crippen LogP contribution in [0.2, 0.25) is 0 Å². The summed E-state index contributed by atoms with van der Waals surface area (Å²) in [7, 11) is 0. The molecule has 1 aliphatic carbocycles. The van der Waals surface area contributed by atoms with Gasteiger partial charge in [-0.05, 0) is 30.4 Å². The summed E-state index contributed by atoms with van der Waals surface area (Å²) < 4.78 is 0. The third kappa shape index (κ3) is 2.43. The van der Waals surface area contributed by atoms with Crippen LogP contribution in [0.5, 0.6) is 0 Å². The van der Waals surface area contributed by atoms with Crippen molar-refractivity contribution in [2.45, 2.75) is 44.4 Å². The van der Waals surface area contributed by atoms with Crippen LogP contribution in [0.15, 0.2) is 24.3 Å². The molecule has 2 N–H and O–H groups in total. The first kappa shape index (κ1) is 11.2. The summed E-state index contributed by atoms with van der Waals surface area (Å²) in [4.78, 5) is 11.4. The van der Waals surface area contributed by atoms with Gasteiger partial charge in [-0.15, -0.1) is 0 Å². The van der Waals surface area contributed by atoms with Crippen molar-refractivity contribution in [3.63, 3.8) is 0 Å². The van der Waals surface area contributed by atoms with Crippen molar-refractivity contribution >= 4 is 5.91 Å². The van der Waals surface area contributed by atoms with Gasteiger partial charge in [0, 0.05) is 5.56 Å². The van der Waals surface area contributed by atoms with Crippen LogP contribution in [0.25, 0.3) is 0 Å². The van der Waals surface area contributed by atoms with Crippen LogP contribution in [0.3, 0.4) is 0 Å². The quantitative estimate of drug-likeness (QED) is 0.759. The Hall–Kier alpha value is -1.31.